The fourth-order valence-corrected chi connectivity index (χ4v) is 2.76. The molecule has 3 nitrogen and oxygen atoms in total. The highest BCUT2D eigenvalue weighted by Crippen LogP contribution is 2.40. The van der Waals surface area contributed by atoms with Crippen molar-refractivity contribution in [1.82, 2.24) is 4.90 Å². The van der Waals surface area contributed by atoms with Crippen LogP contribution in [0.25, 0.3) is 0 Å². The topological polar surface area (TPSA) is 43.7 Å². The van der Waals surface area contributed by atoms with Crippen LogP contribution in [0.3, 0.4) is 0 Å². The van der Waals surface area contributed by atoms with Crippen molar-refractivity contribution in [2.45, 2.75) is 37.5 Å². The molecule has 1 aromatic rings. The summed E-state index contributed by atoms with van der Waals surface area (Å²) in [5.74, 6) is 2.38. The maximum absolute atomic E-state index is 10.5. The lowest BCUT2D eigenvalue weighted by Gasteiger charge is -2.49. The Morgan fingerprint density at radius 2 is 1.89 bits per heavy atom. The Morgan fingerprint density at radius 3 is 2.42 bits per heavy atom. The summed E-state index contributed by atoms with van der Waals surface area (Å²) in [5.41, 5.74) is -0.481. The molecule has 1 aliphatic heterocycles. The zero-order valence-corrected chi connectivity index (χ0v) is 11.7. The van der Waals surface area contributed by atoms with Crippen molar-refractivity contribution in [3.63, 3.8) is 0 Å². The van der Waals surface area contributed by atoms with E-state index in [0.717, 1.165) is 5.56 Å². The van der Waals surface area contributed by atoms with Gasteiger partial charge in [0, 0.05) is 19.0 Å². The standard InChI is InChI=1S/C16H21NO2/c1-5-16(19)10-14(17(4)11-15(16,3)18)13-8-6-12(2)7-9-13/h1,6-9,14,18-19H,10-11H2,2-4H3/t14-,15-,16-/m0/s1. The summed E-state index contributed by atoms with van der Waals surface area (Å²) in [7, 11) is 1.94. The van der Waals surface area contributed by atoms with E-state index in [2.05, 4.69) is 5.92 Å². The quantitative estimate of drug-likeness (QED) is 0.751. The zero-order valence-electron chi connectivity index (χ0n) is 11.7. The number of aryl methyl sites for hydroxylation is 1. The molecule has 3 atom stereocenters. The fourth-order valence-electron chi connectivity index (χ4n) is 2.76. The van der Waals surface area contributed by atoms with Crippen LogP contribution in [0, 0.1) is 19.3 Å². The number of piperidine rings is 1. The summed E-state index contributed by atoms with van der Waals surface area (Å²) in [5, 5.41) is 20.8. The van der Waals surface area contributed by atoms with E-state index in [4.69, 9.17) is 6.42 Å². The number of nitrogens with zero attached hydrogens (tertiary/aromatic N) is 1. The molecule has 0 saturated carbocycles. The summed E-state index contributed by atoms with van der Waals surface area (Å²) in [4.78, 5) is 2.04. The molecular formula is C16H21NO2. The van der Waals surface area contributed by atoms with Crippen molar-refractivity contribution < 1.29 is 10.2 Å². The smallest absolute Gasteiger partial charge is 0.156 e. The number of terminal acetylenes is 1. The Balaban J connectivity index is 2.33. The molecular weight excluding hydrogens is 238 g/mol. The summed E-state index contributed by atoms with van der Waals surface area (Å²) < 4.78 is 0. The van der Waals surface area contributed by atoms with Crippen LogP contribution in [-0.4, -0.2) is 39.9 Å². The maximum atomic E-state index is 10.5. The van der Waals surface area contributed by atoms with Gasteiger partial charge in [0.05, 0.1) is 0 Å². The van der Waals surface area contributed by atoms with Gasteiger partial charge in [0.2, 0.25) is 0 Å². The minimum Gasteiger partial charge on any atom is -0.385 e. The van der Waals surface area contributed by atoms with Crippen LogP contribution in [0.4, 0.5) is 0 Å². The Kier molecular flexibility index (Phi) is 3.44. The van der Waals surface area contributed by atoms with Crippen LogP contribution in [-0.2, 0) is 0 Å². The number of likely N-dealkylation sites (N-methyl/N-ethyl adjacent to an activating group) is 1. The second-order valence-electron chi connectivity index (χ2n) is 5.82. The maximum Gasteiger partial charge on any atom is 0.156 e. The molecule has 0 radical (unpaired) electrons. The molecule has 1 saturated heterocycles. The van der Waals surface area contributed by atoms with Gasteiger partial charge in [-0.25, -0.2) is 0 Å². The number of hydrogen-bond acceptors (Lipinski definition) is 3. The van der Waals surface area contributed by atoms with E-state index in [9.17, 15) is 10.2 Å². The van der Waals surface area contributed by atoms with Crippen molar-refractivity contribution >= 4 is 0 Å². The first-order chi connectivity index (χ1) is 8.79. The molecule has 19 heavy (non-hydrogen) atoms. The lowest BCUT2D eigenvalue weighted by Crippen LogP contribution is -2.62. The molecule has 0 spiro atoms. The highest BCUT2D eigenvalue weighted by atomic mass is 16.4. The van der Waals surface area contributed by atoms with E-state index in [1.54, 1.807) is 6.92 Å². The summed E-state index contributed by atoms with van der Waals surface area (Å²) in [6.07, 6.45) is 5.77. The van der Waals surface area contributed by atoms with Gasteiger partial charge in [0.25, 0.3) is 0 Å². The van der Waals surface area contributed by atoms with Crippen LogP contribution in [0.1, 0.15) is 30.5 Å². The number of rotatable bonds is 1. The Bertz CT molecular complexity index is 500. The molecule has 1 aliphatic rings. The minimum absolute atomic E-state index is 0.0156. The van der Waals surface area contributed by atoms with Crippen LogP contribution in [0.15, 0.2) is 24.3 Å². The van der Waals surface area contributed by atoms with Crippen molar-refractivity contribution in [3.05, 3.63) is 35.4 Å². The largest absolute Gasteiger partial charge is 0.385 e. The van der Waals surface area contributed by atoms with E-state index in [1.807, 2.05) is 43.1 Å². The highest BCUT2D eigenvalue weighted by Gasteiger charge is 2.51. The van der Waals surface area contributed by atoms with E-state index < -0.39 is 11.2 Å². The SMILES string of the molecule is C#C[C@]1(O)C[C@@H](c2ccc(C)cc2)N(C)C[C@]1(C)O. The molecule has 1 fully saturated rings. The van der Waals surface area contributed by atoms with E-state index in [0.29, 0.717) is 13.0 Å². The van der Waals surface area contributed by atoms with Gasteiger partial charge < -0.3 is 10.2 Å². The molecule has 2 rings (SSSR count). The lowest BCUT2D eigenvalue weighted by molar-refractivity contribution is -0.159. The number of aliphatic hydroxyl groups is 2. The van der Waals surface area contributed by atoms with Gasteiger partial charge in [0.1, 0.15) is 5.60 Å². The van der Waals surface area contributed by atoms with Gasteiger partial charge in [-0.2, -0.15) is 0 Å². The minimum atomic E-state index is -1.49. The first kappa shape index (κ1) is 14.1. The lowest BCUT2D eigenvalue weighted by atomic mass is 9.74. The molecule has 3 heteroatoms. The number of hydrogen-bond donors (Lipinski definition) is 2. The van der Waals surface area contributed by atoms with Gasteiger partial charge in [-0.05, 0) is 26.5 Å². The van der Waals surface area contributed by atoms with E-state index >= 15 is 0 Å². The molecule has 0 amide bonds. The van der Waals surface area contributed by atoms with Crippen molar-refractivity contribution in [1.29, 1.82) is 0 Å². The van der Waals surface area contributed by atoms with Crippen molar-refractivity contribution in [3.8, 4) is 12.3 Å². The normalized spacial score (nSPS) is 35.9. The summed E-state index contributed by atoms with van der Waals surface area (Å²) in [6, 6.07) is 8.21. The third-order valence-corrected chi connectivity index (χ3v) is 4.17. The van der Waals surface area contributed by atoms with E-state index in [1.165, 1.54) is 5.56 Å². The van der Waals surface area contributed by atoms with Gasteiger partial charge in [-0.1, -0.05) is 35.7 Å². The molecule has 2 N–H and O–H groups in total. The molecule has 1 aromatic carbocycles. The number of likely N-dealkylation sites (tertiary alicyclic amines) is 1. The second-order valence-corrected chi connectivity index (χ2v) is 5.82. The third kappa shape index (κ3) is 2.40. The van der Waals surface area contributed by atoms with Gasteiger partial charge in [0.15, 0.2) is 5.60 Å². The predicted octanol–water partition coefficient (Wildman–Crippen LogP) is 1.49. The molecule has 0 aliphatic carbocycles. The predicted molar refractivity (Wildman–Crippen MR) is 75.6 cm³/mol. The zero-order chi connectivity index (χ0) is 14.3. The highest BCUT2D eigenvalue weighted by molar-refractivity contribution is 5.29. The Hall–Kier alpha value is -1.34. The van der Waals surface area contributed by atoms with Crippen LogP contribution >= 0.6 is 0 Å². The second kappa shape index (κ2) is 4.64. The molecule has 0 aromatic heterocycles. The van der Waals surface area contributed by atoms with E-state index in [-0.39, 0.29) is 6.04 Å². The molecule has 102 valence electrons. The molecule has 1 heterocycles. The first-order valence-electron chi connectivity index (χ1n) is 6.48. The Morgan fingerprint density at radius 1 is 1.32 bits per heavy atom. The van der Waals surface area contributed by atoms with Crippen LogP contribution in [0.2, 0.25) is 0 Å². The van der Waals surface area contributed by atoms with Gasteiger partial charge in [-0.3, -0.25) is 4.90 Å². The average Bonchev–Trinajstić information content (AvgIpc) is 2.34. The Labute approximate surface area is 114 Å². The van der Waals surface area contributed by atoms with Crippen LogP contribution in [0.5, 0.6) is 0 Å². The number of benzene rings is 1. The molecule has 0 bridgehead atoms. The molecule has 0 unspecified atom stereocenters. The first-order valence-corrected chi connectivity index (χ1v) is 6.48. The van der Waals surface area contributed by atoms with Gasteiger partial charge in [-0.15, -0.1) is 6.42 Å². The van der Waals surface area contributed by atoms with Crippen molar-refractivity contribution in [2.75, 3.05) is 13.6 Å². The van der Waals surface area contributed by atoms with Gasteiger partial charge >= 0.3 is 0 Å². The average molecular weight is 259 g/mol. The monoisotopic (exact) mass is 259 g/mol. The van der Waals surface area contributed by atoms with Crippen LogP contribution < -0.4 is 0 Å². The number of β-amino-alcohol motifs (C(OH)–C–C–N with tert-alkyl or cyclic N) is 1. The summed E-state index contributed by atoms with van der Waals surface area (Å²) in [6.45, 7) is 3.97. The third-order valence-electron chi connectivity index (χ3n) is 4.17. The fraction of sp³-hybridized carbons (Fsp3) is 0.500. The summed E-state index contributed by atoms with van der Waals surface area (Å²) >= 11 is 0. The van der Waals surface area contributed by atoms with Crippen molar-refractivity contribution in [2.24, 2.45) is 0 Å².